The number of para-hydroxylation sites is 1. The van der Waals surface area contributed by atoms with E-state index in [0.717, 1.165) is 0 Å². The maximum Gasteiger partial charge on any atom is 0.347 e. The minimum Gasteiger partial charge on any atom is -0.479 e. The lowest BCUT2D eigenvalue weighted by Crippen LogP contribution is -2.33. The molecule has 1 aromatic carbocycles. The van der Waals surface area contributed by atoms with E-state index in [1.807, 2.05) is 12.1 Å². The second-order valence-electron chi connectivity index (χ2n) is 3.94. The van der Waals surface area contributed by atoms with Gasteiger partial charge in [-0.1, -0.05) is 18.2 Å². The van der Waals surface area contributed by atoms with Crippen LogP contribution in [0.4, 0.5) is 0 Å². The van der Waals surface area contributed by atoms with Gasteiger partial charge >= 0.3 is 5.97 Å². The first-order valence-electron chi connectivity index (χ1n) is 6.15. The normalized spacial score (nSPS) is 11.0. The molecule has 20 heavy (non-hydrogen) atoms. The van der Waals surface area contributed by atoms with Crippen LogP contribution in [0.1, 0.15) is 13.3 Å². The van der Waals surface area contributed by atoms with E-state index in [4.69, 9.17) is 14.7 Å². The molecule has 0 spiro atoms. The van der Waals surface area contributed by atoms with Crippen molar-refractivity contribution in [3.63, 3.8) is 0 Å². The fraction of sp³-hybridized carbons (Fsp3) is 0.357. The van der Waals surface area contributed by atoms with Gasteiger partial charge in [-0.2, -0.15) is 5.26 Å². The molecule has 0 aliphatic rings. The number of hydrogen-bond donors (Lipinski definition) is 1. The highest BCUT2D eigenvalue weighted by molar-refractivity contribution is 5.81. The standard InChI is InChI=1S/C14H16N2O4/c1-11(20-12-6-3-2-4-7-12)14(18)19-10-13(17)16-9-5-8-15/h2-4,6-7,11H,5,9-10H2,1H3,(H,16,17)/t11-/m0/s1. The SMILES string of the molecule is C[C@H](Oc1ccccc1)C(=O)OCC(=O)NCCC#N. The molecule has 0 bridgehead atoms. The largest absolute Gasteiger partial charge is 0.479 e. The molecule has 0 radical (unpaired) electrons. The van der Waals surface area contributed by atoms with Gasteiger partial charge in [0.1, 0.15) is 5.75 Å². The number of esters is 1. The molecule has 6 heteroatoms. The fourth-order valence-corrected chi connectivity index (χ4v) is 1.31. The predicted molar refractivity (Wildman–Crippen MR) is 70.7 cm³/mol. The zero-order valence-corrected chi connectivity index (χ0v) is 11.2. The van der Waals surface area contributed by atoms with Crippen molar-refractivity contribution in [2.45, 2.75) is 19.4 Å². The summed E-state index contributed by atoms with van der Waals surface area (Å²) in [6.07, 6.45) is -0.586. The molecule has 1 atom stereocenters. The molecular formula is C14H16N2O4. The summed E-state index contributed by atoms with van der Waals surface area (Å²) in [5.74, 6) is -0.514. The maximum absolute atomic E-state index is 11.6. The lowest BCUT2D eigenvalue weighted by molar-refractivity contribution is -0.154. The van der Waals surface area contributed by atoms with Gasteiger partial charge in [-0.05, 0) is 19.1 Å². The third-order valence-electron chi connectivity index (χ3n) is 2.29. The summed E-state index contributed by atoms with van der Waals surface area (Å²) >= 11 is 0. The van der Waals surface area contributed by atoms with E-state index in [2.05, 4.69) is 5.32 Å². The maximum atomic E-state index is 11.6. The second kappa shape index (κ2) is 8.53. The molecule has 1 N–H and O–H groups in total. The molecule has 106 valence electrons. The quantitative estimate of drug-likeness (QED) is 0.593. The highest BCUT2D eigenvalue weighted by atomic mass is 16.6. The van der Waals surface area contributed by atoms with Gasteiger partial charge in [0.2, 0.25) is 0 Å². The van der Waals surface area contributed by atoms with Crippen LogP contribution in [0.25, 0.3) is 0 Å². The molecule has 0 unspecified atom stereocenters. The van der Waals surface area contributed by atoms with Crippen molar-refractivity contribution < 1.29 is 19.1 Å². The number of nitrogens with one attached hydrogen (secondary N) is 1. The van der Waals surface area contributed by atoms with Gasteiger partial charge in [0.25, 0.3) is 5.91 Å². The number of nitriles is 1. The van der Waals surface area contributed by atoms with Crippen molar-refractivity contribution in [3.8, 4) is 11.8 Å². The number of carbonyl (C=O) groups is 2. The Labute approximate surface area is 117 Å². The third kappa shape index (κ3) is 5.87. The van der Waals surface area contributed by atoms with Crippen LogP contribution >= 0.6 is 0 Å². The van der Waals surface area contributed by atoms with Crippen molar-refractivity contribution >= 4 is 11.9 Å². The van der Waals surface area contributed by atoms with Crippen LogP contribution in [0.3, 0.4) is 0 Å². The number of ether oxygens (including phenoxy) is 2. The molecular weight excluding hydrogens is 260 g/mol. The van der Waals surface area contributed by atoms with E-state index >= 15 is 0 Å². The molecule has 0 aliphatic carbocycles. The first-order valence-corrected chi connectivity index (χ1v) is 6.15. The van der Waals surface area contributed by atoms with Crippen LogP contribution in [-0.4, -0.2) is 31.1 Å². The summed E-state index contributed by atoms with van der Waals surface area (Å²) in [4.78, 5) is 22.9. The molecule has 0 aromatic heterocycles. The Hall–Kier alpha value is -2.55. The van der Waals surface area contributed by atoms with Gasteiger partial charge in [0, 0.05) is 6.54 Å². The lowest BCUT2D eigenvalue weighted by Gasteiger charge is -2.13. The minimum absolute atomic E-state index is 0.215. The Morgan fingerprint density at radius 1 is 1.35 bits per heavy atom. The molecule has 0 heterocycles. The van der Waals surface area contributed by atoms with Gasteiger partial charge < -0.3 is 14.8 Å². The zero-order chi connectivity index (χ0) is 14.8. The van der Waals surface area contributed by atoms with Crippen LogP contribution in [0.5, 0.6) is 5.75 Å². The van der Waals surface area contributed by atoms with Crippen LogP contribution < -0.4 is 10.1 Å². The summed E-state index contributed by atoms with van der Waals surface area (Å²) in [7, 11) is 0. The molecule has 0 aliphatic heterocycles. The summed E-state index contributed by atoms with van der Waals surface area (Å²) in [5.41, 5.74) is 0. The summed E-state index contributed by atoms with van der Waals surface area (Å²) < 4.78 is 10.2. The van der Waals surface area contributed by atoms with Crippen molar-refractivity contribution in [1.29, 1.82) is 5.26 Å². The number of rotatable bonds is 7. The average Bonchev–Trinajstić information content (AvgIpc) is 2.46. The second-order valence-corrected chi connectivity index (χ2v) is 3.94. The highest BCUT2D eigenvalue weighted by Gasteiger charge is 2.17. The highest BCUT2D eigenvalue weighted by Crippen LogP contribution is 2.11. The van der Waals surface area contributed by atoms with Crippen LogP contribution in [-0.2, 0) is 14.3 Å². The van der Waals surface area contributed by atoms with Crippen molar-refractivity contribution in [3.05, 3.63) is 30.3 Å². The van der Waals surface area contributed by atoms with Gasteiger partial charge in [-0.25, -0.2) is 4.79 Å². The first kappa shape index (κ1) is 15.5. The fourth-order valence-electron chi connectivity index (χ4n) is 1.31. The van der Waals surface area contributed by atoms with E-state index < -0.39 is 18.0 Å². The third-order valence-corrected chi connectivity index (χ3v) is 2.29. The lowest BCUT2D eigenvalue weighted by atomic mass is 10.3. The number of carbonyl (C=O) groups excluding carboxylic acids is 2. The van der Waals surface area contributed by atoms with E-state index in [1.54, 1.807) is 31.2 Å². The van der Waals surface area contributed by atoms with E-state index in [0.29, 0.717) is 5.75 Å². The van der Waals surface area contributed by atoms with Gasteiger partial charge in [-0.3, -0.25) is 4.79 Å². The Morgan fingerprint density at radius 3 is 2.70 bits per heavy atom. The molecule has 6 nitrogen and oxygen atoms in total. The molecule has 0 fully saturated rings. The topological polar surface area (TPSA) is 88.4 Å². The van der Waals surface area contributed by atoms with Crippen LogP contribution in [0, 0.1) is 11.3 Å². The smallest absolute Gasteiger partial charge is 0.347 e. The van der Waals surface area contributed by atoms with Crippen molar-refractivity contribution in [2.24, 2.45) is 0 Å². The monoisotopic (exact) mass is 276 g/mol. The summed E-state index contributed by atoms with van der Waals surface area (Å²) in [6, 6.07) is 10.7. The number of nitrogens with zero attached hydrogens (tertiary/aromatic N) is 1. The van der Waals surface area contributed by atoms with E-state index in [9.17, 15) is 9.59 Å². The molecule has 0 saturated heterocycles. The Kier molecular flexibility index (Phi) is 6.62. The van der Waals surface area contributed by atoms with Crippen LogP contribution in [0.15, 0.2) is 30.3 Å². The first-order chi connectivity index (χ1) is 9.63. The Morgan fingerprint density at radius 2 is 2.05 bits per heavy atom. The van der Waals surface area contributed by atoms with Crippen LogP contribution in [0.2, 0.25) is 0 Å². The minimum atomic E-state index is -0.802. The Bertz CT molecular complexity index is 482. The predicted octanol–water partition coefficient (Wildman–Crippen LogP) is 1.03. The molecule has 0 saturated carbocycles. The van der Waals surface area contributed by atoms with Crippen molar-refractivity contribution in [2.75, 3.05) is 13.2 Å². The van der Waals surface area contributed by atoms with Gasteiger partial charge in [0.15, 0.2) is 12.7 Å². The van der Waals surface area contributed by atoms with E-state index in [-0.39, 0.29) is 19.6 Å². The van der Waals surface area contributed by atoms with E-state index in [1.165, 1.54) is 0 Å². The number of hydrogen-bond acceptors (Lipinski definition) is 5. The summed E-state index contributed by atoms with van der Waals surface area (Å²) in [6.45, 7) is 1.40. The molecule has 1 amide bonds. The zero-order valence-electron chi connectivity index (χ0n) is 11.2. The molecule has 1 rings (SSSR count). The van der Waals surface area contributed by atoms with Crippen molar-refractivity contribution in [1.82, 2.24) is 5.32 Å². The Balaban J connectivity index is 2.28. The number of amides is 1. The van der Waals surface area contributed by atoms with Gasteiger partial charge in [0.05, 0.1) is 12.5 Å². The van der Waals surface area contributed by atoms with Gasteiger partial charge in [-0.15, -0.1) is 0 Å². The average molecular weight is 276 g/mol. The summed E-state index contributed by atoms with van der Waals surface area (Å²) in [5, 5.41) is 10.8. The number of benzene rings is 1. The molecule has 1 aromatic rings.